The highest BCUT2D eigenvalue weighted by Gasteiger charge is 2.45. The molecule has 0 aliphatic carbocycles. The summed E-state index contributed by atoms with van der Waals surface area (Å²) in [5.74, 6) is -3.92. The topological polar surface area (TPSA) is 80.1 Å². The molecular weight excluding hydrogens is 595 g/mol. The molecule has 0 radical (unpaired) electrons. The number of nitrogens with one attached hydrogen (secondary N) is 2. The number of nitrogens with zero attached hydrogens (tertiary/aromatic N) is 3. The molecule has 5 aliphatic rings. The Hall–Kier alpha value is -2.89. The number of aromatic nitrogens is 1. The summed E-state index contributed by atoms with van der Waals surface area (Å²) in [7, 11) is 1.63. The lowest BCUT2D eigenvalue weighted by Gasteiger charge is -2.37. The van der Waals surface area contributed by atoms with Crippen molar-refractivity contribution in [1.29, 1.82) is 0 Å². The quantitative estimate of drug-likeness (QED) is 0.402. The van der Waals surface area contributed by atoms with Gasteiger partial charge in [-0.3, -0.25) is 9.36 Å². The monoisotopic (exact) mass is 643 g/mol. The molecule has 8 bridgehead atoms. The third-order valence-electron chi connectivity index (χ3n) is 10.6. The molecule has 0 amide bonds. The van der Waals surface area contributed by atoms with Crippen LogP contribution in [0.5, 0.6) is 0 Å². The molecule has 1 aromatic heterocycles. The Morgan fingerprint density at radius 3 is 2.37 bits per heavy atom. The average molecular weight is 644 g/mol. The van der Waals surface area contributed by atoms with E-state index in [-0.39, 0.29) is 17.3 Å². The van der Waals surface area contributed by atoms with Gasteiger partial charge in [0.25, 0.3) is 11.5 Å². The summed E-state index contributed by atoms with van der Waals surface area (Å²) in [6, 6.07) is 5.49. The molecule has 5 aliphatic heterocycles. The highest BCUT2D eigenvalue weighted by molar-refractivity contribution is 6.04. The van der Waals surface area contributed by atoms with Crippen LogP contribution in [0.25, 0.3) is 0 Å². The van der Waals surface area contributed by atoms with E-state index in [1.54, 1.807) is 20.1 Å². The van der Waals surface area contributed by atoms with Crippen molar-refractivity contribution in [3.05, 3.63) is 62.7 Å². The number of methoxy groups -OCH3 is 1. The lowest BCUT2D eigenvalue weighted by atomic mass is 9.85. The van der Waals surface area contributed by atoms with Gasteiger partial charge in [-0.1, -0.05) is 37.5 Å². The normalized spacial score (nSPS) is 28.3. The second-order valence-corrected chi connectivity index (χ2v) is 13.5. The van der Waals surface area contributed by atoms with Gasteiger partial charge in [0.1, 0.15) is 29.2 Å². The molecule has 1 unspecified atom stereocenters. The first-order valence-corrected chi connectivity index (χ1v) is 17.1. The Morgan fingerprint density at radius 1 is 0.957 bits per heavy atom. The second kappa shape index (κ2) is 13.7. The van der Waals surface area contributed by atoms with E-state index in [1.165, 1.54) is 12.1 Å². The van der Waals surface area contributed by atoms with Gasteiger partial charge in [0.15, 0.2) is 0 Å². The van der Waals surface area contributed by atoms with Crippen LogP contribution in [0.2, 0.25) is 0 Å². The summed E-state index contributed by atoms with van der Waals surface area (Å²) in [5.41, 5.74) is -0.0604. The van der Waals surface area contributed by atoms with E-state index in [0.29, 0.717) is 81.3 Å². The van der Waals surface area contributed by atoms with Crippen LogP contribution in [0.15, 0.2) is 34.1 Å². The molecule has 7 rings (SSSR count). The van der Waals surface area contributed by atoms with Crippen LogP contribution >= 0.6 is 0 Å². The predicted octanol–water partition coefficient (Wildman–Crippen LogP) is 6.28. The van der Waals surface area contributed by atoms with Crippen molar-refractivity contribution >= 4 is 11.7 Å². The summed E-state index contributed by atoms with van der Waals surface area (Å²) in [6.45, 7) is 7.23. The summed E-state index contributed by atoms with van der Waals surface area (Å²) in [4.78, 5) is 21.4. The van der Waals surface area contributed by atoms with Crippen LogP contribution in [-0.2, 0) is 27.5 Å². The maximum absolute atomic E-state index is 16.1. The number of ether oxygens (including phenoxy) is 2. The van der Waals surface area contributed by atoms with Gasteiger partial charge in [0.2, 0.25) is 0 Å². The lowest BCUT2D eigenvalue weighted by molar-refractivity contribution is -0.0957. The number of aliphatic imine (C=N–C) groups is 1. The van der Waals surface area contributed by atoms with Crippen LogP contribution in [0.3, 0.4) is 0 Å². The van der Waals surface area contributed by atoms with E-state index in [4.69, 9.17) is 14.5 Å². The van der Waals surface area contributed by atoms with Gasteiger partial charge in [-0.15, -0.1) is 0 Å². The van der Waals surface area contributed by atoms with Crippen molar-refractivity contribution in [3.63, 3.8) is 0 Å². The number of piperidine rings is 1. The number of alkyl halides is 2. The van der Waals surface area contributed by atoms with Gasteiger partial charge in [0.05, 0.1) is 22.7 Å². The van der Waals surface area contributed by atoms with E-state index in [2.05, 4.69) is 15.5 Å². The number of fused-ring (bicyclic) bond motifs is 9. The molecule has 2 aromatic rings. The zero-order valence-corrected chi connectivity index (χ0v) is 27.3. The number of pyridine rings is 1. The van der Waals surface area contributed by atoms with Gasteiger partial charge >= 0.3 is 0 Å². The molecule has 2 saturated heterocycles. The SMILES string of the molecule is COC1(c2cc3c4n(c2=O)CCCCCCCN2CCC(CC2)C(F)(F)c2cccc(c2F)[C@@H](C)NC3=NC(C)N4)CCOCC1. The van der Waals surface area contributed by atoms with Gasteiger partial charge < -0.3 is 25.0 Å². The molecule has 46 heavy (non-hydrogen) atoms. The van der Waals surface area contributed by atoms with Crippen LogP contribution in [0.1, 0.15) is 99.9 Å². The minimum absolute atomic E-state index is 0.0977. The zero-order chi connectivity index (χ0) is 32.5. The van der Waals surface area contributed by atoms with E-state index in [0.717, 1.165) is 38.6 Å². The fraction of sp³-hybridized carbons (Fsp3) is 0.657. The van der Waals surface area contributed by atoms with E-state index in [1.807, 2.05) is 17.6 Å². The zero-order valence-electron chi connectivity index (χ0n) is 27.3. The molecule has 252 valence electrons. The van der Waals surface area contributed by atoms with Gasteiger partial charge in [-0.05, 0) is 65.2 Å². The Balaban J connectivity index is 1.43. The second-order valence-electron chi connectivity index (χ2n) is 13.5. The molecule has 2 atom stereocenters. The maximum atomic E-state index is 16.1. The third-order valence-corrected chi connectivity index (χ3v) is 10.6. The van der Waals surface area contributed by atoms with E-state index < -0.39 is 34.9 Å². The number of amidine groups is 1. The van der Waals surface area contributed by atoms with Gasteiger partial charge in [-0.2, -0.15) is 0 Å². The molecule has 2 N–H and O–H groups in total. The molecule has 2 fully saturated rings. The van der Waals surface area contributed by atoms with Crippen LogP contribution in [-0.4, -0.2) is 61.4 Å². The minimum atomic E-state index is -3.28. The Kier molecular flexibility index (Phi) is 9.83. The van der Waals surface area contributed by atoms with Gasteiger partial charge in [0, 0.05) is 51.2 Å². The van der Waals surface area contributed by atoms with Gasteiger partial charge in [-0.25, -0.2) is 18.2 Å². The van der Waals surface area contributed by atoms with Crippen LogP contribution < -0.4 is 16.2 Å². The fourth-order valence-corrected chi connectivity index (χ4v) is 7.73. The molecule has 0 spiro atoms. The summed E-state index contributed by atoms with van der Waals surface area (Å²) >= 11 is 0. The summed E-state index contributed by atoms with van der Waals surface area (Å²) in [5, 5.41) is 6.76. The summed E-state index contributed by atoms with van der Waals surface area (Å²) < 4.78 is 61.5. The molecule has 8 nitrogen and oxygen atoms in total. The fourth-order valence-electron chi connectivity index (χ4n) is 7.73. The standard InChI is InChI=1S/C35H48F3N5O3/c1-23-26-10-9-11-28(30(26)36)35(37,38)25-12-18-42(19-13-25)16-7-5-4-6-8-17-43-32-27(31(39-23)40-24(2)41-32)22-29(33(43)44)34(45-3)14-20-46-21-15-34/h9-11,22-25,41H,4-8,12-21H2,1-3H3,(H,39,40)/t23-,24?/m1/s1. The van der Waals surface area contributed by atoms with Crippen LogP contribution in [0.4, 0.5) is 19.0 Å². The first-order valence-electron chi connectivity index (χ1n) is 17.1. The first kappa shape index (κ1) is 33.0. The molecule has 11 heteroatoms. The third kappa shape index (κ3) is 6.34. The van der Waals surface area contributed by atoms with Crippen LogP contribution in [0, 0.1) is 11.7 Å². The first-order chi connectivity index (χ1) is 22.1. The number of hydrogen-bond acceptors (Lipinski definition) is 7. The number of benzene rings is 1. The average Bonchev–Trinajstić information content (AvgIpc) is 3.05. The number of anilines is 1. The maximum Gasteiger partial charge on any atom is 0.278 e. The number of hydrogen-bond donors (Lipinski definition) is 2. The lowest BCUT2D eigenvalue weighted by Crippen LogP contribution is -2.45. The smallest absolute Gasteiger partial charge is 0.278 e. The van der Waals surface area contributed by atoms with E-state index in [9.17, 15) is 4.79 Å². The molecular formula is C35H48F3N5O3. The van der Waals surface area contributed by atoms with Crippen molar-refractivity contribution in [2.75, 3.05) is 45.3 Å². The Labute approximate surface area is 269 Å². The Bertz CT molecular complexity index is 1480. The van der Waals surface area contributed by atoms with Crippen molar-refractivity contribution in [1.82, 2.24) is 14.8 Å². The number of rotatable bonds is 2. The van der Waals surface area contributed by atoms with Crippen molar-refractivity contribution in [2.45, 2.75) is 102 Å². The van der Waals surface area contributed by atoms with Crippen molar-refractivity contribution in [2.24, 2.45) is 10.9 Å². The van der Waals surface area contributed by atoms with Crippen molar-refractivity contribution < 1.29 is 22.6 Å². The highest BCUT2D eigenvalue weighted by atomic mass is 19.3. The highest BCUT2D eigenvalue weighted by Crippen LogP contribution is 2.44. The largest absolute Gasteiger partial charge is 0.381 e. The predicted molar refractivity (Wildman–Crippen MR) is 173 cm³/mol. The number of halogens is 3. The molecule has 0 saturated carbocycles. The molecule has 6 heterocycles. The molecule has 1 aromatic carbocycles. The van der Waals surface area contributed by atoms with Crippen molar-refractivity contribution in [3.8, 4) is 0 Å². The Morgan fingerprint density at radius 2 is 1.65 bits per heavy atom. The minimum Gasteiger partial charge on any atom is -0.381 e. The van der Waals surface area contributed by atoms with E-state index >= 15 is 13.2 Å². The summed E-state index contributed by atoms with van der Waals surface area (Å²) in [6.07, 6.45) is 6.30.